The third-order valence-corrected chi connectivity index (χ3v) is 12.8. The number of rotatable bonds is 9. The molecule has 0 radical (unpaired) electrons. The quantitative estimate of drug-likeness (QED) is 0.149. The van der Waals surface area contributed by atoms with Crippen LogP contribution in [0.2, 0.25) is 0 Å². The lowest BCUT2D eigenvalue weighted by Crippen LogP contribution is -2.62. The molecule has 2 heterocycles. The van der Waals surface area contributed by atoms with Crippen LogP contribution < -0.4 is 11.1 Å². The number of likely N-dealkylation sites (N-methyl/N-ethyl adjacent to an activating group) is 1. The van der Waals surface area contributed by atoms with E-state index in [0.29, 0.717) is 19.5 Å². The summed E-state index contributed by atoms with van der Waals surface area (Å²) in [5.41, 5.74) is 2.44. The Labute approximate surface area is 319 Å². The normalized spacial score (nSPS) is 48.7. The number of carbonyl (C=O) groups excluding carboxylic acids is 1. The maximum absolute atomic E-state index is 14.3. The van der Waals surface area contributed by atoms with E-state index in [4.69, 9.17) is 29.4 Å². The topological polar surface area (TPSA) is 185 Å². The van der Waals surface area contributed by atoms with E-state index in [1.165, 1.54) is 6.92 Å². The maximum Gasteiger partial charge on any atom is 0.311 e. The number of nitrogens with two attached hydrogens (primary N) is 1. The zero-order valence-corrected chi connectivity index (χ0v) is 34.7. The Morgan fingerprint density at radius 2 is 1.70 bits per heavy atom. The van der Waals surface area contributed by atoms with Crippen molar-refractivity contribution in [1.29, 1.82) is 0 Å². The number of esters is 1. The molecule has 0 aromatic carbocycles. The van der Waals surface area contributed by atoms with Crippen molar-refractivity contribution in [3.8, 4) is 0 Å². The first-order chi connectivity index (χ1) is 24.6. The van der Waals surface area contributed by atoms with Crippen LogP contribution in [0, 0.1) is 23.7 Å². The van der Waals surface area contributed by atoms with Gasteiger partial charge in [0.15, 0.2) is 6.29 Å². The number of aliphatic hydroxyl groups is 4. The molecule has 13 nitrogen and oxygen atoms in total. The molecule has 1 saturated carbocycles. The highest BCUT2D eigenvalue weighted by molar-refractivity contribution is 5.73. The molecule has 3 unspecified atom stereocenters. The number of hydrogen-bond donors (Lipinski definition) is 6. The Balaban J connectivity index is 2.21. The van der Waals surface area contributed by atoms with Crippen molar-refractivity contribution >= 4 is 5.97 Å². The van der Waals surface area contributed by atoms with E-state index in [-0.39, 0.29) is 37.3 Å². The van der Waals surface area contributed by atoms with Crippen molar-refractivity contribution in [2.45, 2.75) is 185 Å². The van der Waals surface area contributed by atoms with Gasteiger partial charge in [-0.1, -0.05) is 33.8 Å². The fourth-order valence-electron chi connectivity index (χ4n) is 9.27. The fourth-order valence-corrected chi connectivity index (χ4v) is 9.27. The second kappa shape index (κ2) is 18.8. The molecule has 310 valence electrons. The zero-order valence-electron chi connectivity index (χ0n) is 34.7. The molecule has 0 bridgehead atoms. The standard InChI is InChI=1S/C40H75N3O10/c1-14-16-43-21-23(4)35(45)40(11,48)30(15-2)52-37(46)26(7)33(53-31-20-39(10,49-13)34(41)27(8)50-31)25(6)36(38(9,47)19-24(43)5)51-29-18-22(3)17-28(42-12)32(29)44/h14,22-36,42,44-45,47-48H,1,15-21,41H2,2-13H3/t22-,23-,24-,25+,26-,27+,28+,29?,30+,31+,32-,33+,34?,35-,36-,38?,39-,40-/m1/s1. The van der Waals surface area contributed by atoms with Gasteiger partial charge in [0.25, 0.3) is 0 Å². The van der Waals surface area contributed by atoms with Crippen LogP contribution in [-0.4, -0.2) is 142 Å². The molecule has 3 fully saturated rings. The molecule has 0 amide bonds. The number of carbonyl (C=O) groups is 1. The van der Waals surface area contributed by atoms with Crippen molar-refractivity contribution in [2.24, 2.45) is 29.4 Å². The number of nitrogens with zero attached hydrogens (tertiary/aromatic N) is 1. The van der Waals surface area contributed by atoms with Gasteiger partial charge in [0.2, 0.25) is 0 Å². The summed E-state index contributed by atoms with van der Waals surface area (Å²) < 4.78 is 32.0. The third-order valence-electron chi connectivity index (χ3n) is 12.8. The van der Waals surface area contributed by atoms with Crippen molar-refractivity contribution in [3.05, 3.63) is 12.7 Å². The lowest BCUT2D eigenvalue weighted by Gasteiger charge is -2.49. The monoisotopic (exact) mass is 758 g/mol. The molecule has 0 spiro atoms. The second-order valence-corrected chi connectivity index (χ2v) is 17.5. The summed E-state index contributed by atoms with van der Waals surface area (Å²) in [5.74, 6) is -2.45. The molecule has 18 atom stereocenters. The fraction of sp³-hybridized carbons (Fsp3) is 0.925. The van der Waals surface area contributed by atoms with Crippen LogP contribution in [0.4, 0.5) is 0 Å². The van der Waals surface area contributed by atoms with Gasteiger partial charge in [0.1, 0.15) is 11.7 Å². The molecule has 13 heteroatoms. The lowest BCUT2D eigenvalue weighted by molar-refractivity contribution is -0.281. The lowest BCUT2D eigenvalue weighted by atomic mass is 9.77. The highest BCUT2D eigenvalue weighted by atomic mass is 16.7. The van der Waals surface area contributed by atoms with Gasteiger partial charge in [-0.2, -0.15) is 0 Å². The Bertz CT molecular complexity index is 1180. The summed E-state index contributed by atoms with van der Waals surface area (Å²) in [7, 11) is 3.42. The van der Waals surface area contributed by atoms with Crippen LogP contribution in [0.5, 0.6) is 0 Å². The van der Waals surface area contributed by atoms with Gasteiger partial charge < -0.3 is 55.2 Å². The van der Waals surface area contributed by atoms with Gasteiger partial charge in [-0.25, -0.2) is 0 Å². The van der Waals surface area contributed by atoms with Crippen LogP contribution in [0.25, 0.3) is 0 Å². The van der Waals surface area contributed by atoms with E-state index in [0.717, 1.165) is 6.42 Å². The second-order valence-electron chi connectivity index (χ2n) is 17.5. The van der Waals surface area contributed by atoms with E-state index in [1.54, 1.807) is 34.0 Å². The molecule has 53 heavy (non-hydrogen) atoms. The van der Waals surface area contributed by atoms with Crippen LogP contribution in [0.15, 0.2) is 12.7 Å². The van der Waals surface area contributed by atoms with Gasteiger partial charge in [0.05, 0.1) is 59.8 Å². The smallest absolute Gasteiger partial charge is 0.311 e. The van der Waals surface area contributed by atoms with Gasteiger partial charge in [-0.3, -0.25) is 9.69 Å². The van der Waals surface area contributed by atoms with Crippen LogP contribution in [0.3, 0.4) is 0 Å². The molecule has 1 aliphatic carbocycles. The Kier molecular flexibility index (Phi) is 16.4. The molecule has 3 rings (SSSR count). The third kappa shape index (κ3) is 10.6. The van der Waals surface area contributed by atoms with Crippen LogP contribution in [-0.2, 0) is 28.5 Å². The predicted molar refractivity (Wildman–Crippen MR) is 204 cm³/mol. The number of cyclic esters (lactones) is 1. The van der Waals surface area contributed by atoms with Crippen molar-refractivity contribution in [1.82, 2.24) is 10.2 Å². The summed E-state index contributed by atoms with van der Waals surface area (Å²) in [6.07, 6.45) is -3.00. The van der Waals surface area contributed by atoms with E-state index in [1.807, 2.05) is 41.7 Å². The predicted octanol–water partition coefficient (Wildman–Crippen LogP) is 2.74. The number of nitrogens with one attached hydrogen (secondary N) is 1. The minimum atomic E-state index is -1.78. The minimum Gasteiger partial charge on any atom is -0.459 e. The van der Waals surface area contributed by atoms with Gasteiger partial charge in [-0.05, 0) is 86.1 Å². The molecule has 0 aromatic heterocycles. The minimum absolute atomic E-state index is 0.200. The SMILES string of the molecule is C=CCN1C[C@@H](C)[C@@H](O)[C@](C)(O)[C@H](CC)OC(=O)[C@H](C)[C@@H](O[C@H]2C[C@@](C)(OC)C(N)[C@H](C)O2)[C@H](C)[C@@H](OC2C[C@H](C)C[C@H](NC)[C@H]2O)C(C)(O)C[C@H]1C. The van der Waals surface area contributed by atoms with Crippen molar-refractivity contribution < 1.29 is 48.9 Å². The molecule has 0 aromatic rings. The van der Waals surface area contributed by atoms with E-state index < -0.39 is 95.6 Å². The summed E-state index contributed by atoms with van der Waals surface area (Å²) in [6, 6.07) is -0.878. The number of aliphatic hydroxyl groups excluding tert-OH is 2. The van der Waals surface area contributed by atoms with E-state index in [9.17, 15) is 25.2 Å². The number of methoxy groups -OCH3 is 1. The molecular weight excluding hydrogens is 682 g/mol. The van der Waals surface area contributed by atoms with Gasteiger partial charge >= 0.3 is 5.97 Å². The average molecular weight is 758 g/mol. The molecule has 2 saturated heterocycles. The molecular formula is C40H75N3O10. The summed E-state index contributed by atoms with van der Waals surface area (Å²) in [4.78, 5) is 16.4. The van der Waals surface area contributed by atoms with Gasteiger partial charge in [-0.15, -0.1) is 6.58 Å². The summed E-state index contributed by atoms with van der Waals surface area (Å²) in [6.45, 7) is 23.2. The summed E-state index contributed by atoms with van der Waals surface area (Å²) >= 11 is 0. The first kappa shape index (κ1) is 46.2. The molecule has 3 aliphatic rings. The first-order valence-electron chi connectivity index (χ1n) is 19.9. The molecule has 2 aliphatic heterocycles. The Morgan fingerprint density at radius 3 is 2.26 bits per heavy atom. The van der Waals surface area contributed by atoms with Crippen LogP contribution >= 0.6 is 0 Å². The van der Waals surface area contributed by atoms with E-state index >= 15 is 0 Å². The Hall–Kier alpha value is -1.23. The zero-order chi connectivity index (χ0) is 40.2. The number of ether oxygens (including phenoxy) is 5. The van der Waals surface area contributed by atoms with Crippen molar-refractivity contribution in [3.63, 3.8) is 0 Å². The number of hydrogen-bond acceptors (Lipinski definition) is 13. The average Bonchev–Trinajstić information content (AvgIpc) is 3.09. The largest absolute Gasteiger partial charge is 0.459 e. The highest BCUT2D eigenvalue weighted by Crippen LogP contribution is 2.40. The maximum atomic E-state index is 14.3. The first-order valence-corrected chi connectivity index (χ1v) is 19.9. The van der Waals surface area contributed by atoms with E-state index in [2.05, 4.69) is 23.7 Å². The Morgan fingerprint density at radius 1 is 1.06 bits per heavy atom. The van der Waals surface area contributed by atoms with Crippen LogP contribution in [0.1, 0.15) is 101 Å². The summed E-state index contributed by atoms with van der Waals surface area (Å²) in [5, 5.41) is 50.8. The van der Waals surface area contributed by atoms with Gasteiger partial charge in [0, 0.05) is 44.6 Å². The molecule has 7 N–H and O–H groups in total. The highest BCUT2D eigenvalue weighted by Gasteiger charge is 2.52. The van der Waals surface area contributed by atoms with Crippen molar-refractivity contribution in [2.75, 3.05) is 27.2 Å².